The van der Waals surface area contributed by atoms with Gasteiger partial charge in [-0.3, -0.25) is 4.79 Å². The molecule has 2 aromatic rings. The van der Waals surface area contributed by atoms with Crippen LogP contribution in [0.15, 0.2) is 22.8 Å². The van der Waals surface area contributed by atoms with Crippen molar-refractivity contribution < 1.29 is 4.79 Å². The summed E-state index contributed by atoms with van der Waals surface area (Å²) < 4.78 is 1.03. The number of carbonyl (C=O) groups is 1. The van der Waals surface area contributed by atoms with Crippen molar-refractivity contribution in [3.05, 3.63) is 33.9 Å². The lowest BCUT2D eigenvalue weighted by Crippen LogP contribution is -2.29. The van der Waals surface area contributed by atoms with Gasteiger partial charge in [0.25, 0.3) is 5.91 Å². The molecule has 23 heavy (non-hydrogen) atoms. The summed E-state index contributed by atoms with van der Waals surface area (Å²) in [5.74, 6) is 2.11. The van der Waals surface area contributed by atoms with Crippen LogP contribution in [0.1, 0.15) is 54.9 Å². The van der Waals surface area contributed by atoms with E-state index in [2.05, 4.69) is 45.7 Å². The third-order valence-corrected chi connectivity index (χ3v) is 6.25. The Labute approximate surface area is 145 Å². The van der Waals surface area contributed by atoms with Crippen molar-refractivity contribution in [3.63, 3.8) is 0 Å². The van der Waals surface area contributed by atoms with Crippen molar-refractivity contribution in [1.82, 2.24) is 9.88 Å². The second-order valence-electron chi connectivity index (χ2n) is 7.43. The number of amides is 1. The van der Waals surface area contributed by atoms with Gasteiger partial charge in [-0.1, -0.05) is 20.3 Å². The summed E-state index contributed by atoms with van der Waals surface area (Å²) in [7, 11) is 0. The average molecular weight is 375 g/mol. The maximum absolute atomic E-state index is 12.9. The van der Waals surface area contributed by atoms with Crippen LogP contribution in [0.4, 0.5) is 0 Å². The summed E-state index contributed by atoms with van der Waals surface area (Å²) in [6.07, 6.45) is 3.95. The molecule has 2 atom stereocenters. The largest absolute Gasteiger partial charge is 0.349 e. The number of hydrogen-bond acceptors (Lipinski definition) is 1. The van der Waals surface area contributed by atoms with Gasteiger partial charge in [0.2, 0.25) is 0 Å². The molecule has 1 aliphatic carbocycles. The fourth-order valence-corrected chi connectivity index (χ4v) is 5.35. The van der Waals surface area contributed by atoms with Crippen LogP contribution >= 0.6 is 15.9 Å². The number of aromatic nitrogens is 1. The van der Waals surface area contributed by atoms with Gasteiger partial charge in [-0.15, -0.1) is 0 Å². The van der Waals surface area contributed by atoms with Crippen molar-refractivity contribution in [3.8, 4) is 0 Å². The minimum Gasteiger partial charge on any atom is -0.349 e. The average Bonchev–Trinajstić information content (AvgIpc) is 3.16. The minimum absolute atomic E-state index is 0.202. The summed E-state index contributed by atoms with van der Waals surface area (Å²) in [6.45, 7) is 6.28. The van der Waals surface area contributed by atoms with E-state index < -0.39 is 0 Å². The van der Waals surface area contributed by atoms with Crippen molar-refractivity contribution >= 4 is 32.7 Å². The predicted molar refractivity (Wildman–Crippen MR) is 96.8 cm³/mol. The van der Waals surface area contributed by atoms with E-state index >= 15 is 0 Å². The van der Waals surface area contributed by atoms with Crippen molar-refractivity contribution in [1.29, 1.82) is 0 Å². The van der Waals surface area contributed by atoms with Gasteiger partial charge < -0.3 is 9.88 Å². The first kappa shape index (κ1) is 15.3. The standard InChI is InChI=1S/C19H23BrN2O/c1-11(2)17-15-8-12(6-7-16(15)21-18(17)20)19(23)22-9-13-4-3-5-14(13)10-22/h6-8,11,13-14,21H,3-5,9-10H2,1-2H3. The lowest BCUT2D eigenvalue weighted by molar-refractivity contribution is 0.0781. The monoisotopic (exact) mass is 374 g/mol. The van der Waals surface area contributed by atoms with E-state index in [1.807, 2.05) is 12.1 Å². The first-order chi connectivity index (χ1) is 11.0. The smallest absolute Gasteiger partial charge is 0.253 e. The predicted octanol–water partition coefficient (Wildman–Crippen LogP) is 4.93. The number of likely N-dealkylation sites (tertiary alicyclic amines) is 1. The normalized spacial score (nSPS) is 23.9. The fourth-order valence-electron chi connectivity index (χ4n) is 4.46. The van der Waals surface area contributed by atoms with E-state index in [-0.39, 0.29) is 5.91 Å². The minimum atomic E-state index is 0.202. The van der Waals surface area contributed by atoms with Crippen LogP contribution < -0.4 is 0 Å². The number of fused-ring (bicyclic) bond motifs is 2. The van der Waals surface area contributed by atoms with Crippen LogP contribution in [-0.2, 0) is 0 Å². The van der Waals surface area contributed by atoms with Gasteiger partial charge in [-0.25, -0.2) is 0 Å². The summed E-state index contributed by atoms with van der Waals surface area (Å²) in [5.41, 5.74) is 3.18. The molecule has 0 radical (unpaired) electrons. The number of aromatic amines is 1. The molecule has 2 unspecified atom stereocenters. The summed E-state index contributed by atoms with van der Waals surface area (Å²) in [6, 6.07) is 6.07. The zero-order valence-corrected chi connectivity index (χ0v) is 15.3. The maximum Gasteiger partial charge on any atom is 0.253 e. The molecule has 0 spiro atoms. The molecular formula is C19H23BrN2O. The van der Waals surface area contributed by atoms with Crippen LogP contribution in [0.5, 0.6) is 0 Å². The first-order valence-corrected chi connectivity index (χ1v) is 9.44. The van der Waals surface area contributed by atoms with E-state index in [1.54, 1.807) is 0 Å². The molecule has 2 heterocycles. The number of nitrogens with one attached hydrogen (secondary N) is 1. The molecule has 1 aromatic carbocycles. The second-order valence-corrected chi connectivity index (χ2v) is 8.22. The number of benzene rings is 1. The number of H-pyrrole nitrogens is 1. The van der Waals surface area contributed by atoms with Crippen LogP contribution in [0, 0.1) is 11.8 Å². The Hall–Kier alpha value is -1.29. The molecule has 1 N–H and O–H groups in total. The molecule has 1 aromatic heterocycles. The van der Waals surface area contributed by atoms with Gasteiger partial charge in [0, 0.05) is 29.6 Å². The van der Waals surface area contributed by atoms with Crippen LogP contribution in [0.2, 0.25) is 0 Å². The summed E-state index contributed by atoms with van der Waals surface area (Å²) in [4.78, 5) is 18.4. The highest BCUT2D eigenvalue weighted by atomic mass is 79.9. The molecule has 0 bridgehead atoms. The molecule has 1 saturated carbocycles. The van der Waals surface area contributed by atoms with Gasteiger partial charge >= 0.3 is 0 Å². The lowest BCUT2D eigenvalue weighted by Gasteiger charge is -2.17. The molecule has 4 rings (SSSR count). The van der Waals surface area contributed by atoms with E-state index in [0.717, 1.165) is 46.0 Å². The maximum atomic E-state index is 12.9. The fraction of sp³-hybridized carbons (Fsp3) is 0.526. The number of carbonyl (C=O) groups excluding carboxylic acids is 1. The van der Waals surface area contributed by atoms with Crippen LogP contribution in [0.25, 0.3) is 10.9 Å². The second kappa shape index (κ2) is 5.66. The highest BCUT2D eigenvalue weighted by molar-refractivity contribution is 9.10. The van der Waals surface area contributed by atoms with Gasteiger partial charge in [-0.05, 0) is 70.3 Å². The molecule has 1 aliphatic heterocycles. The summed E-state index contributed by atoms with van der Waals surface area (Å²) >= 11 is 3.62. The number of rotatable bonds is 2. The summed E-state index contributed by atoms with van der Waals surface area (Å²) in [5, 5.41) is 1.16. The quantitative estimate of drug-likeness (QED) is 0.794. The SMILES string of the molecule is CC(C)c1c(Br)[nH]c2ccc(C(=O)N3CC4CCCC4C3)cc12. The highest BCUT2D eigenvalue weighted by Gasteiger charge is 2.38. The lowest BCUT2D eigenvalue weighted by atomic mass is 10.0. The zero-order chi connectivity index (χ0) is 16.1. The molecule has 2 aliphatic rings. The van der Waals surface area contributed by atoms with E-state index in [4.69, 9.17) is 0 Å². The van der Waals surface area contributed by atoms with Crippen LogP contribution in [-0.4, -0.2) is 28.9 Å². The van der Waals surface area contributed by atoms with E-state index in [9.17, 15) is 4.79 Å². The highest BCUT2D eigenvalue weighted by Crippen LogP contribution is 2.38. The Morgan fingerprint density at radius 1 is 1.26 bits per heavy atom. The van der Waals surface area contributed by atoms with Crippen molar-refractivity contribution in [2.75, 3.05) is 13.1 Å². The Bertz CT molecular complexity index is 752. The Kier molecular flexibility index (Phi) is 3.75. The molecule has 2 fully saturated rings. The molecule has 1 amide bonds. The van der Waals surface area contributed by atoms with Crippen LogP contribution in [0.3, 0.4) is 0 Å². The zero-order valence-electron chi connectivity index (χ0n) is 13.7. The van der Waals surface area contributed by atoms with Crippen molar-refractivity contribution in [2.45, 2.75) is 39.0 Å². The third-order valence-electron chi connectivity index (χ3n) is 5.63. The molecule has 3 nitrogen and oxygen atoms in total. The molecule has 122 valence electrons. The number of halogens is 1. The van der Waals surface area contributed by atoms with E-state index in [1.165, 1.54) is 24.8 Å². The molecule has 4 heteroatoms. The molecular weight excluding hydrogens is 352 g/mol. The van der Waals surface area contributed by atoms with Gasteiger partial charge in [0.1, 0.15) is 0 Å². The Morgan fingerprint density at radius 2 is 1.96 bits per heavy atom. The topological polar surface area (TPSA) is 36.1 Å². The number of hydrogen-bond donors (Lipinski definition) is 1. The first-order valence-electron chi connectivity index (χ1n) is 8.65. The molecule has 1 saturated heterocycles. The Morgan fingerprint density at radius 3 is 2.61 bits per heavy atom. The van der Waals surface area contributed by atoms with E-state index in [0.29, 0.717) is 5.92 Å². The Balaban J connectivity index is 1.66. The van der Waals surface area contributed by atoms with Crippen molar-refractivity contribution in [2.24, 2.45) is 11.8 Å². The number of nitrogens with zero attached hydrogens (tertiary/aromatic N) is 1. The van der Waals surface area contributed by atoms with Gasteiger partial charge in [0.05, 0.1) is 4.60 Å². The third kappa shape index (κ3) is 2.51. The van der Waals surface area contributed by atoms with Gasteiger partial charge in [-0.2, -0.15) is 0 Å². The van der Waals surface area contributed by atoms with Gasteiger partial charge in [0.15, 0.2) is 0 Å².